The van der Waals surface area contributed by atoms with E-state index < -0.39 is 67.2 Å². The summed E-state index contributed by atoms with van der Waals surface area (Å²) < 4.78 is 0. The van der Waals surface area contributed by atoms with Gasteiger partial charge in [-0.2, -0.15) is 0 Å². The van der Waals surface area contributed by atoms with Gasteiger partial charge >= 0.3 is 11.9 Å². The highest BCUT2D eigenvalue weighted by molar-refractivity contribution is 5.95. The Morgan fingerprint density at radius 3 is 1.83 bits per heavy atom. The molecule has 23 heavy (non-hydrogen) atoms. The number of hydrogen-bond donors (Lipinski definition) is 7. The minimum atomic E-state index is -1.77. The number of carboxylic acid groups (broad SMARTS) is 2. The standard InChI is InChI=1S/C11H18N4O8/c12-4(3-16)9(20)14-5(1-7(13)17)10(21)15-6(11(22)23)2-8(18)19/h4-6,16H,1-3,12H2,(H2,13,17)(H,14,20)(H,15,21)(H,18,19)(H,22,23). The lowest BCUT2D eigenvalue weighted by Crippen LogP contribution is -2.56. The second-order valence-corrected chi connectivity index (χ2v) is 4.52. The Hall–Kier alpha value is -2.73. The Bertz CT molecular complexity index is 494. The fraction of sp³-hybridized carbons (Fsp3) is 0.545. The van der Waals surface area contributed by atoms with Gasteiger partial charge in [0.25, 0.3) is 0 Å². The van der Waals surface area contributed by atoms with Gasteiger partial charge in [-0.05, 0) is 0 Å². The number of primary amides is 1. The highest BCUT2D eigenvalue weighted by Crippen LogP contribution is 1.98. The van der Waals surface area contributed by atoms with Gasteiger partial charge in [-0.1, -0.05) is 0 Å². The van der Waals surface area contributed by atoms with Crippen LogP contribution < -0.4 is 22.1 Å². The van der Waals surface area contributed by atoms with Crippen LogP contribution >= 0.6 is 0 Å². The number of aliphatic hydroxyl groups excluding tert-OH is 1. The molecule has 0 aromatic rings. The van der Waals surface area contributed by atoms with Crippen LogP contribution in [0.3, 0.4) is 0 Å². The molecule has 0 aliphatic heterocycles. The van der Waals surface area contributed by atoms with E-state index in [1.807, 2.05) is 10.6 Å². The Labute approximate surface area is 129 Å². The largest absolute Gasteiger partial charge is 0.481 e. The van der Waals surface area contributed by atoms with Gasteiger partial charge in [0.1, 0.15) is 18.1 Å². The summed E-state index contributed by atoms with van der Waals surface area (Å²) in [6.07, 6.45) is -1.58. The van der Waals surface area contributed by atoms with Crippen molar-refractivity contribution in [2.75, 3.05) is 6.61 Å². The number of amides is 3. The number of carboxylic acids is 2. The normalized spacial score (nSPS) is 14.2. The van der Waals surface area contributed by atoms with Crippen molar-refractivity contribution in [3.8, 4) is 0 Å². The molecule has 0 aliphatic rings. The van der Waals surface area contributed by atoms with Crippen molar-refractivity contribution in [2.45, 2.75) is 31.0 Å². The third-order valence-electron chi connectivity index (χ3n) is 2.57. The van der Waals surface area contributed by atoms with Crippen LogP contribution in [0.2, 0.25) is 0 Å². The number of carbonyl (C=O) groups is 5. The van der Waals surface area contributed by atoms with E-state index in [9.17, 15) is 24.0 Å². The van der Waals surface area contributed by atoms with Crippen LogP contribution in [0.1, 0.15) is 12.8 Å². The van der Waals surface area contributed by atoms with Crippen LogP contribution in [-0.4, -0.2) is 69.7 Å². The molecule has 0 fully saturated rings. The summed E-state index contributed by atoms with van der Waals surface area (Å²) in [4.78, 5) is 55.8. The summed E-state index contributed by atoms with van der Waals surface area (Å²) in [7, 11) is 0. The minimum absolute atomic E-state index is 0.671. The van der Waals surface area contributed by atoms with Crippen LogP contribution in [0.5, 0.6) is 0 Å². The van der Waals surface area contributed by atoms with E-state index in [2.05, 4.69) is 0 Å². The smallest absolute Gasteiger partial charge is 0.326 e. The van der Waals surface area contributed by atoms with E-state index in [0.29, 0.717) is 0 Å². The third kappa shape index (κ3) is 7.73. The number of rotatable bonds is 10. The lowest BCUT2D eigenvalue weighted by atomic mass is 10.1. The molecule has 0 saturated carbocycles. The molecular weight excluding hydrogens is 316 g/mol. The van der Waals surface area contributed by atoms with Crippen LogP contribution in [-0.2, 0) is 24.0 Å². The molecule has 0 bridgehead atoms. The third-order valence-corrected chi connectivity index (χ3v) is 2.57. The lowest BCUT2D eigenvalue weighted by molar-refractivity contribution is -0.147. The van der Waals surface area contributed by atoms with Crippen LogP contribution in [0, 0.1) is 0 Å². The van der Waals surface area contributed by atoms with Crippen molar-refractivity contribution < 1.29 is 39.3 Å². The molecule has 0 rings (SSSR count). The Morgan fingerprint density at radius 2 is 1.43 bits per heavy atom. The van der Waals surface area contributed by atoms with Gasteiger partial charge < -0.3 is 37.4 Å². The maximum atomic E-state index is 11.9. The van der Waals surface area contributed by atoms with E-state index in [-0.39, 0.29) is 0 Å². The molecule has 12 nitrogen and oxygen atoms in total. The maximum Gasteiger partial charge on any atom is 0.326 e. The lowest BCUT2D eigenvalue weighted by Gasteiger charge is -2.21. The highest BCUT2D eigenvalue weighted by atomic mass is 16.4. The van der Waals surface area contributed by atoms with Crippen molar-refractivity contribution in [2.24, 2.45) is 11.5 Å². The first-order valence-electron chi connectivity index (χ1n) is 6.28. The maximum absolute atomic E-state index is 11.9. The van der Waals surface area contributed by atoms with Gasteiger partial charge in [0.15, 0.2) is 0 Å². The van der Waals surface area contributed by atoms with E-state index >= 15 is 0 Å². The van der Waals surface area contributed by atoms with Crippen LogP contribution in [0.25, 0.3) is 0 Å². The highest BCUT2D eigenvalue weighted by Gasteiger charge is 2.30. The van der Waals surface area contributed by atoms with Crippen molar-refractivity contribution in [1.29, 1.82) is 0 Å². The minimum Gasteiger partial charge on any atom is -0.481 e. The average Bonchev–Trinajstić information content (AvgIpc) is 2.43. The number of nitrogens with one attached hydrogen (secondary N) is 2. The molecule has 0 spiro atoms. The predicted molar refractivity (Wildman–Crippen MR) is 72.6 cm³/mol. The van der Waals surface area contributed by atoms with E-state index in [0.717, 1.165) is 0 Å². The Morgan fingerprint density at radius 1 is 0.913 bits per heavy atom. The number of nitrogens with two attached hydrogens (primary N) is 2. The first-order chi connectivity index (χ1) is 10.6. The number of aliphatic carboxylic acids is 2. The molecule has 130 valence electrons. The zero-order chi connectivity index (χ0) is 18.2. The fourth-order valence-corrected chi connectivity index (χ4v) is 1.42. The summed E-state index contributed by atoms with van der Waals surface area (Å²) in [5.74, 6) is -6.17. The molecule has 3 atom stereocenters. The quantitative estimate of drug-likeness (QED) is 0.205. The van der Waals surface area contributed by atoms with Crippen molar-refractivity contribution in [1.82, 2.24) is 10.6 Å². The molecule has 0 aliphatic carbocycles. The second kappa shape index (κ2) is 9.32. The molecule has 0 aromatic heterocycles. The zero-order valence-electron chi connectivity index (χ0n) is 11.9. The Balaban J connectivity index is 5.04. The Kier molecular flexibility index (Phi) is 8.21. The number of hydrogen-bond acceptors (Lipinski definition) is 7. The van der Waals surface area contributed by atoms with Crippen LogP contribution in [0.15, 0.2) is 0 Å². The molecule has 0 saturated heterocycles. The van der Waals surface area contributed by atoms with Gasteiger partial charge in [-0.3, -0.25) is 19.2 Å². The average molecular weight is 334 g/mol. The topological polar surface area (TPSA) is 222 Å². The first kappa shape index (κ1) is 20.3. The van der Waals surface area contributed by atoms with Gasteiger partial charge in [0, 0.05) is 0 Å². The second-order valence-electron chi connectivity index (χ2n) is 4.52. The van der Waals surface area contributed by atoms with E-state index in [1.54, 1.807) is 0 Å². The molecule has 0 heterocycles. The monoisotopic (exact) mass is 334 g/mol. The van der Waals surface area contributed by atoms with Crippen LogP contribution in [0.4, 0.5) is 0 Å². The molecule has 0 aromatic carbocycles. The fourth-order valence-electron chi connectivity index (χ4n) is 1.42. The van der Waals surface area contributed by atoms with Gasteiger partial charge in [-0.15, -0.1) is 0 Å². The molecular formula is C11H18N4O8. The summed E-state index contributed by atoms with van der Waals surface area (Å²) in [6.45, 7) is -0.729. The molecule has 12 heteroatoms. The van der Waals surface area contributed by atoms with Crippen molar-refractivity contribution >= 4 is 29.7 Å². The summed E-state index contributed by atoms with van der Waals surface area (Å²) >= 11 is 0. The van der Waals surface area contributed by atoms with Gasteiger partial charge in [0.05, 0.1) is 19.4 Å². The van der Waals surface area contributed by atoms with E-state index in [1.165, 1.54) is 0 Å². The van der Waals surface area contributed by atoms with E-state index in [4.69, 9.17) is 26.8 Å². The van der Waals surface area contributed by atoms with Gasteiger partial charge in [-0.25, -0.2) is 4.79 Å². The van der Waals surface area contributed by atoms with Crippen molar-refractivity contribution in [3.05, 3.63) is 0 Å². The summed E-state index contributed by atoms with van der Waals surface area (Å²) in [5.41, 5.74) is 10.2. The number of carbonyl (C=O) groups excluding carboxylic acids is 3. The van der Waals surface area contributed by atoms with Gasteiger partial charge in [0.2, 0.25) is 17.7 Å². The number of aliphatic hydroxyl groups is 1. The summed E-state index contributed by atoms with van der Waals surface area (Å²) in [6, 6.07) is -4.69. The first-order valence-corrected chi connectivity index (χ1v) is 6.28. The predicted octanol–water partition coefficient (Wildman–Crippen LogP) is -4.29. The van der Waals surface area contributed by atoms with Crippen molar-refractivity contribution in [3.63, 3.8) is 0 Å². The molecule has 3 amide bonds. The summed E-state index contributed by atoms with van der Waals surface area (Å²) in [5, 5.41) is 30.0. The molecule has 9 N–H and O–H groups in total. The SMILES string of the molecule is NC(=O)CC(NC(=O)C(N)CO)C(=O)NC(CC(=O)O)C(=O)O. The zero-order valence-corrected chi connectivity index (χ0v) is 11.9. The molecule has 3 unspecified atom stereocenters. The molecule has 0 radical (unpaired) electrons.